The Balaban J connectivity index is 2.10. The van der Waals surface area contributed by atoms with Crippen LogP contribution in [0.3, 0.4) is 0 Å². The molecule has 6 nitrogen and oxygen atoms in total. The quantitative estimate of drug-likeness (QED) is 0.848. The number of nitrogens with one attached hydrogen (secondary N) is 1. The van der Waals surface area contributed by atoms with Crippen molar-refractivity contribution in [2.45, 2.75) is 26.3 Å². The van der Waals surface area contributed by atoms with Crippen molar-refractivity contribution in [2.75, 3.05) is 11.1 Å². The fraction of sp³-hybridized carbons (Fsp3) is 0.333. The number of rotatable bonds is 4. The summed E-state index contributed by atoms with van der Waals surface area (Å²) in [5.74, 6) is 2.16. The van der Waals surface area contributed by atoms with Crippen LogP contribution in [-0.4, -0.2) is 19.9 Å². The van der Waals surface area contributed by atoms with E-state index in [-0.39, 0.29) is 5.92 Å². The Bertz CT molecular complexity index is 511. The highest BCUT2D eigenvalue weighted by molar-refractivity contribution is 5.45. The van der Waals surface area contributed by atoms with Crippen LogP contribution in [0.15, 0.2) is 24.7 Å². The summed E-state index contributed by atoms with van der Waals surface area (Å²) >= 11 is 0. The minimum absolute atomic E-state index is 0.244. The van der Waals surface area contributed by atoms with Gasteiger partial charge in [-0.1, -0.05) is 13.8 Å². The predicted octanol–water partition coefficient (Wildman–Crippen LogP) is 1.58. The third kappa shape index (κ3) is 3.13. The lowest BCUT2D eigenvalue weighted by molar-refractivity contribution is 0.776. The smallest absolute Gasteiger partial charge is 0.135 e. The van der Waals surface area contributed by atoms with Gasteiger partial charge in [-0.05, 0) is 6.07 Å². The number of nitrogen functional groups attached to an aromatic ring is 1. The van der Waals surface area contributed by atoms with Crippen molar-refractivity contribution in [1.82, 2.24) is 19.9 Å². The second kappa shape index (κ2) is 5.39. The monoisotopic (exact) mass is 244 g/mol. The molecule has 6 heteroatoms. The molecule has 0 bridgehead atoms. The van der Waals surface area contributed by atoms with E-state index in [1.54, 1.807) is 12.3 Å². The SMILES string of the molecule is CC(C)c1nc(N)cc(NCc2ccncn2)n1. The van der Waals surface area contributed by atoms with E-state index in [2.05, 4.69) is 25.3 Å². The lowest BCUT2D eigenvalue weighted by Gasteiger charge is -2.09. The normalized spacial score (nSPS) is 10.6. The van der Waals surface area contributed by atoms with E-state index < -0.39 is 0 Å². The predicted molar refractivity (Wildman–Crippen MR) is 69.9 cm³/mol. The first-order valence-electron chi connectivity index (χ1n) is 5.78. The molecule has 0 fully saturated rings. The molecule has 2 rings (SSSR count). The van der Waals surface area contributed by atoms with Crippen LogP contribution in [0, 0.1) is 0 Å². The summed E-state index contributed by atoms with van der Waals surface area (Å²) in [6.07, 6.45) is 3.22. The third-order valence-electron chi connectivity index (χ3n) is 2.37. The van der Waals surface area contributed by atoms with Crippen LogP contribution in [-0.2, 0) is 6.54 Å². The van der Waals surface area contributed by atoms with Gasteiger partial charge in [-0.3, -0.25) is 0 Å². The zero-order valence-corrected chi connectivity index (χ0v) is 10.5. The van der Waals surface area contributed by atoms with Gasteiger partial charge in [0.05, 0.1) is 12.2 Å². The number of nitrogens with zero attached hydrogens (tertiary/aromatic N) is 4. The van der Waals surface area contributed by atoms with Gasteiger partial charge in [-0.2, -0.15) is 0 Å². The van der Waals surface area contributed by atoms with Crippen LogP contribution in [0.4, 0.5) is 11.6 Å². The van der Waals surface area contributed by atoms with Crippen molar-refractivity contribution in [3.63, 3.8) is 0 Å². The summed E-state index contributed by atoms with van der Waals surface area (Å²) in [7, 11) is 0. The summed E-state index contributed by atoms with van der Waals surface area (Å²) in [5, 5.41) is 3.18. The maximum atomic E-state index is 5.75. The van der Waals surface area contributed by atoms with Crippen molar-refractivity contribution in [2.24, 2.45) is 0 Å². The second-order valence-electron chi connectivity index (χ2n) is 4.25. The average molecular weight is 244 g/mol. The molecule has 0 aliphatic carbocycles. The van der Waals surface area contributed by atoms with Gasteiger partial charge in [0, 0.05) is 18.2 Å². The van der Waals surface area contributed by atoms with E-state index in [1.165, 1.54) is 6.33 Å². The zero-order valence-electron chi connectivity index (χ0n) is 10.5. The molecule has 0 saturated heterocycles. The summed E-state index contributed by atoms with van der Waals surface area (Å²) < 4.78 is 0. The van der Waals surface area contributed by atoms with Gasteiger partial charge >= 0.3 is 0 Å². The standard InChI is InChI=1S/C12H16N6/c1-8(2)12-17-10(13)5-11(18-12)15-6-9-3-4-14-7-16-9/h3-5,7-8H,6H2,1-2H3,(H3,13,15,17,18). The van der Waals surface area contributed by atoms with E-state index in [0.29, 0.717) is 18.2 Å². The number of aromatic nitrogens is 4. The molecule has 0 spiro atoms. The van der Waals surface area contributed by atoms with E-state index in [9.17, 15) is 0 Å². The summed E-state index contributed by atoms with van der Waals surface area (Å²) in [6.45, 7) is 4.64. The molecule has 0 amide bonds. The minimum Gasteiger partial charge on any atom is -0.384 e. The Morgan fingerprint density at radius 2 is 2.17 bits per heavy atom. The molecule has 2 heterocycles. The number of hydrogen-bond acceptors (Lipinski definition) is 6. The lowest BCUT2D eigenvalue weighted by atomic mass is 10.2. The highest BCUT2D eigenvalue weighted by atomic mass is 15.1. The molecule has 18 heavy (non-hydrogen) atoms. The van der Waals surface area contributed by atoms with E-state index >= 15 is 0 Å². The fourth-order valence-corrected chi connectivity index (χ4v) is 1.44. The van der Waals surface area contributed by atoms with Gasteiger partial charge in [0.2, 0.25) is 0 Å². The van der Waals surface area contributed by atoms with Crippen LogP contribution in [0.2, 0.25) is 0 Å². The number of nitrogens with two attached hydrogens (primary N) is 1. The van der Waals surface area contributed by atoms with E-state index in [1.807, 2.05) is 19.9 Å². The second-order valence-corrected chi connectivity index (χ2v) is 4.25. The van der Waals surface area contributed by atoms with Crippen LogP contribution in [0.25, 0.3) is 0 Å². The van der Waals surface area contributed by atoms with Crippen LogP contribution in [0.5, 0.6) is 0 Å². The third-order valence-corrected chi connectivity index (χ3v) is 2.37. The van der Waals surface area contributed by atoms with Crippen LogP contribution < -0.4 is 11.1 Å². The Hall–Kier alpha value is -2.24. The zero-order chi connectivity index (χ0) is 13.0. The van der Waals surface area contributed by atoms with Gasteiger partial charge in [-0.15, -0.1) is 0 Å². The molecule has 94 valence electrons. The molecular formula is C12H16N6. The van der Waals surface area contributed by atoms with Crippen molar-refractivity contribution in [1.29, 1.82) is 0 Å². The molecule has 0 aromatic carbocycles. The summed E-state index contributed by atoms with van der Waals surface area (Å²) in [5.41, 5.74) is 6.65. The first-order valence-corrected chi connectivity index (χ1v) is 5.78. The lowest BCUT2D eigenvalue weighted by Crippen LogP contribution is -2.08. The van der Waals surface area contributed by atoms with Gasteiger partial charge < -0.3 is 11.1 Å². The Morgan fingerprint density at radius 3 is 2.83 bits per heavy atom. The number of anilines is 2. The topological polar surface area (TPSA) is 89.6 Å². The Labute approximate surface area is 106 Å². The van der Waals surface area contributed by atoms with E-state index in [4.69, 9.17) is 5.73 Å². The molecule has 2 aromatic rings. The molecular weight excluding hydrogens is 228 g/mol. The maximum absolute atomic E-state index is 5.75. The molecule has 0 aliphatic heterocycles. The average Bonchev–Trinajstić information content (AvgIpc) is 2.37. The van der Waals surface area contributed by atoms with Crippen molar-refractivity contribution in [3.05, 3.63) is 36.2 Å². The van der Waals surface area contributed by atoms with Gasteiger partial charge in [0.25, 0.3) is 0 Å². The summed E-state index contributed by atoms with van der Waals surface area (Å²) in [6, 6.07) is 3.56. The van der Waals surface area contributed by atoms with E-state index in [0.717, 1.165) is 11.5 Å². The van der Waals surface area contributed by atoms with Gasteiger partial charge in [0.15, 0.2) is 0 Å². The minimum atomic E-state index is 0.244. The maximum Gasteiger partial charge on any atom is 0.135 e. The highest BCUT2D eigenvalue weighted by Gasteiger charge is 2.06. The van der Waals surface area contributed by atoms with Gasteiger partial charge in [-0.25, -0.2) is 19.9 Å². The highest BCUT2D eigenvalue weighted by Crippen LogP contribution is 2.15. The molecule has 0 aliphatic rings. The summed E-state index contributed by atoms with van der Waals surface area (Å²) in [4.78, 5) is 16.6. The molecule has 0 saturated carbocycles. The largest absolute Gasteiger partial charge is 0.384 e. The molecule has 0 unspecified atom stereocenters. The van der Waals surface area contributed by atoms with Crippen molar-refractivity contribution < 1.29 is 0 Å². The first-order chi connectivity index (χ1) is 8.65. The molecule has 0 radical (unpaired) electrons. The Kier molecular flexibility index (Phi) is 3.66. The van der Waals surface area contributed by atoms with Gasteiger partial charge in [0.1, 0.15) is 23.8 Å². The molecule has 0 atom stereocenters. The van der Waals surface area contributed by atoms with Crippen molar-refractivity contribution in [3.8, 4) is 0 Å². The van der Waals surface area contributed by atoms with Crippen LogP contribution in [0.1, 0.15) is 31.3 Å². The Morgan fingerprint density at radius 1 is 1.33 bits per heavy atom. The fourth-order valence-electron chi connectivity index (χ4n) is 1.44. The number of hydrogen-bond donors (Lipinski definition) is 2. The van der Waals surface area contributed by atoms with Crippen LogP contribution >= 0.6 is 0 Å². The molecule has 3 N–H and O–H groups in total. The molecule has 2 aromatic heterocycles. The van der Waals surface area contributed by atoms with Crippen molar-refractivity contribution >= 4 is 11.6 Å². The first kappa shape index (κ1) is 12.2.